The minimum Gasteiger partial charge on any atom is -0.494 e. The van der Waals surface area contributed by atoms with E-state index in [0.717, 1.165) is 49.5 Å². The Bertz CT molecular complexity index is 1370. The topological polar surface area (TPSA) is 157 Å². The second kappa shape index (κ2) is 15.6. The van der Waals surface area contributed by atoms with E-state index in [-0.39, 0.29) is 30.4 Å². The summed E-state index contributed by atoms with van der Waals surface area (Å²) in [6.07, 6.45) is 5.47. The Hall–Kier alpha value is -3.41. The molecule has 2 atom stereocenters. The van der Waals surface area contributed by atoms with Gasteiger partial charge in [0.1, 0.15) is 11.5 Å². The van der Waals surface area contributed by atoms with E-state index in [2.05, 4.69) is 41.0 Å². The third kappa shape index (κ3) is 10.5. The number of hydrogen-bond donors (Lipinski definition) is 4. The van der Waals surface area contributed by atoms with Crippen LogP contribution in [0.4, 0.5) is 6.01 Å². The first-order valence-corrected chi connectivity index (χ1v) is 15.9. The predicted molar refractivity (Wildman–Crippen MR) is 160 cm³/mol. The zero-order chi connectivity index (χ0) is 29.8. The fraction of sp³-hybridized carbons (Fsp3) is 0.467. The highest BCUT2D eigenvalue weighted by atomic mass is 32.2. The second-order valence-corrected chi connectivity index (χ2v) is 12.0. The van der Waals surface area contributed by atoms with Gasteiger partial charge in [0.15, 0.2) is 5.69 Å². The SMILES string of the molecule is CCCCCCOc1cccc(C[C@H](c2oc(NS(C)(=O)=O)nc2C(N)=O)[C@@H](O)CNCc2cccc(CC)c2)c1. The average Bonchev–Trinajstić information content (AvgIpc) is 3.34. The maximum atomic E-state index is 12.3. The summed E-state index contributed by atoms with van der Waals surface area (Å²) in [7, 11) is -3.73. The zero-order valence-electron chi connectivity index (χ0n) is 24.1. The molecular weight excluding hydrogens is 544 g/mol. The van der Waals surface area contributed by atoms with Gasteiger partial charge in [0.05, 0.1) is 24.9 Å². The number of nitrogens with one attached hydrogen (secondary N) is 2. The second-order valence-electron chi connectivity index (χ2n) is 10.2. The highest BCUT2D eigenvalue weighted by Crippen LogP contribution is 2.31. The van der Waals surface area contributed by atoms with Gasteiger partial charge in [-0.05, 0) is 48.1 Å². The predicted octanol–water partition coefficient (Wildman–Crippen LogP) is 4.14. The molecule has 3 rings (SSSR count). The first kappa shape index (κ1) is 32.1. The van der Waals surface area contributed by atoms with E-state index in [1.807, 2.05) is 36.4 Å². The molecule has 0 radical (unpaired) electrons. The lowest BCUT2D eigenvalue weighted by Crippen LogP contribution is -2.33. The Kier molecular flexibility index (Phi) is 12.2. The Labute approximate surface area is 242 Å². The number of nitrogens with two attached hydrogens (primary N) is 1. The summed E-state index contributed by atoms with van der Waals surface area (Å²) >= 11 is 0. The number of aliphatic hydroxyl groups is 1. The van der Waals surface area contributed by atoms with Crippen LogP contribution in [0, 0.1) is 0 Å². The van der Waals surface area contributed by atoms with Crippen LogP contribution in [0.3, 0.4) is 0 Å². The number of benzene rings is 2. The van der Waals surface area contributed by atoms with Crippen molar-refractivity contribution in [3.8, 4) is 5.75 Å². The van der Waals surface area contributed by atoms with Crippen LogP contribution in [0.2, 0.25) is 0 Å². The Morgan fingerprint density at radius 3 is 2.51 bits per heavy atom. The molecule has 0 fully saturated rings. The molecule has 3 aromatic rings. The van der Waals surface area contributed by atoms with Crippen molar-refractivity contribution in [3.05, 3.63) is 76.7 Å². The van der Waals surface area contributed by atoms with Crippen LogP contribution in [-0.4, -0.2) is 49.9 Å². The van der Waals surface area contributed by atoms with Crippen molar-refractivity contribution < 1.29 is 27.5 Å². The first-order valence-electron chi connectivity index (χ1n) is 14.1. The molecule has 0 bridgehead atoms. The van der Waals surface area contributed by atoms with Gasteiger partial charge >= 0.3 is 6.01 Å². The minimum atomic E-state index is -3.73. The van der Waals surface area contributed by atoms with Gasteiger partial charge < -0.3 is 25.3 Å². The molecule has 11 heteroatoms. The summed E-state index contributed by atoms with van der Waals surface area (Å²) in [6.45, 7) is 5.55. The van der Waals surface area contributed by atoms with Crippen molar-refractivity contribution in [1.82, 2.24) is 10.3 Å². The van der Waals surface area contributed by atoms with E-state index in [9.17, 15) is 18.3 Å². The van der Waals surface area contributed by atoms with Crippen LogP contribution >= 0.6 is 0 Å². The molecule has 0 aliphatic carbocycles. The number of aryl methyl sites for hydroxylation is 1. The molecule has 2 aromatic carbocycles. The maximum absolute atomic E-state index is 12.3. The monoisotopic (exact) mass is 586 g/mol. The van der Waals surface area contributed by atoms with Crippen LogP contribution in [0.25, 0.3) is 0 Å². The van der Waals surface area contributed by atoms with Gasteiger partial charge in [-0.25, -0.2) is 13.1 Å². The quantitative estimate of drug-likeness (QED) is 0.162. The molecule has 5 N–H and O–H groups in total. The summed E-state index contributed by atoms with van der Waals surface area (Å²) in [4.78, 5) is 16.3. The molecule has 1 heterocycles. The molecule has 0 unspecified atom stereocenters. The molecule has 0 saturated carbocycles. The van der Waals surface area contributed by atoms with Gasteiger partial charge in [-0.15, -0.1) is 0 Å². The highest BCUT2D eigenvalue weighted by molar-refractivity contribution is 7.91. The summed E-state index contributed by atoms with van der Waals surface area (Å²) in [5.41, 5.74) is 8.48. The van der Waals surface area contributed by atoms with Gasteiger partial charge in [-0.3, -0.25) is 4.79 Å². The number of hydrogen-bond acceptors (Lipinski definition) is 8. The number of primary amides is 1. The number of sulfonamides is 1. The summed E-state index contributed by atoms with van der Waals surface area (Å²) in [5, 5.41) is 14.6. The Balaban J connectivity index is 1.84. The van der Waals surface area contributed by atoms with Crippen LogP contribution in [0.15, 0.2) is 52.9 Å². The number of aliphatic hydroxyl groups excluding tert-OH is 1. The van der Waals surface area contributed by atoms with E-state index in [0.29, 0.717) is 18.9 Å². The number of anilines is 1. The average molecular weight is 587 g/mol. The lowest BCUT2D eigenvalue weighted by Gasteiger charge is -2.22. The molecule has 10 nitrogen and oxygen atoms in total. The van der Waals surface area contributed by atoms with Gasteiger partial charge in [-0.2, -0.15) is 4.98 Å². The number of nitrogens with zero attached hydrogens (tertiary/aromatic N) is 1. The minimum absolute atomic E-state index is 0.0109. The largest absolute Gasteiger partial charge is 0.494 e. The first-order chi connectivity index (χ1) is 19.6. The molecule has 0 aliphatic rings. The van der Waals surface area contributed by atoms with Gasteiger partial charge in [0.2, 0.25) is 10.0 Å². The highest BCUT2D eigenvalue weighted by Gasteiger charge is 2.32. The van der Waals surface area contributed by atoms with Crippen LogP contribution in [0.1, 0.15) is 78.4 Å². The third-order valence-corrected chi connectivity index (χ3v) is 7.21. The van der Waals surface area contributed by atoms with Crippen LogP contribution < -0.4 is 20.5 Å². The lowest BCUT2D eigenvalue weighted by atomic mass is 9.90. The van der Waals surface area contributed by atoms with Gasteiger partial charge in [-0.1, -0.05) is 69.5 Å². The van der Waals surface area contributed by atoms with Gasteiger partial charge in [0, 0.05) is 13.1 Å². The number of carbonyl (C=O) groups excluding carboxylic acids is 1. The molecule has 1 amide bonds. The molecule has 0 aliphatic heterocycles. The molecule has 0 spiro atoms. The number of ether oxygens (including phenoxy) is 1. The van der Waals surface area contributed by atoms with Crippen molar-refractivity contribution in [2.24, 2.45) is 5.73 Å². The van der Waals surface area contributed by atoms with Crippen molar-refractivity contribution in [2.45, 2.75) is 70.9 Å². The van der Waals surface area contributed by atoms with Crippen molar-refractivity contribution >= 4 is 21.9 Å². The smallest absolute Gasteiger partial charge is 0.309 e. The summed E-state index contributed by atoms with van der Waals surface area (Å²) in [5.74, 6) is -0.949. The Morgan fingerprint density at radius 1 is 1.07 bits per heavy atom. The van der Waals surface area contributed by atoms with Crippen molar-refractivity contribution in [1.29, 1.82) is 0 Å². The lowest BCUT2D eigenvalue weighted by molar-refractivity contribution is 0.0986. The van der Waals surface area contributed by atoms with Crippen LogP contribution in [0.5, 0.6) is 5.75 Å². The van der Waals surface area contributed by atoms with E-state index in [1.54, 1.807) is 0 Å². The van der Waals surface area contributed by atoms with E-state index in [4.69, 9.17) is 14.9 Å². The van der Waals surface area contributed by atoms with E-state index >= 15 is 0 Å². The number of amides is 1. The number of rotatable bonds is 18. The number of carbonyl (C=O) groups is 1. The third-order valence-electron chi connectivity index (χ3n) is 6.66. The summed E-state index contributed by atoms with van der Waals surface area (Å²) < 4.78 is 37.4. The molecule has 1 aromatic heterocycles. The van der Waals surface area contributed by atoms with Crippen molar-refractivity contribution in [2.75, 3.05) is 24.1 Å². The normalized spacial score (nSPS) is 13.1. The van der Waals surface area contributed by atoms with Crippen LogP contribution in [-0.2, 0) is 29.4 Å². The summed E-state index contributed by atoms with van der Waals surface area (Å²) in [6, 6.07) is 15.3. The maximum Gasteiger partial charge on any atom is 0.309 e. The van der Waals surface area contributed by atoms with E-state index < -0.39 is 28.0 Å². The van der Waals surface area contributed by atoms with Gasteiger partial charge in [0.25, 0.3) is 5.91 Å². The standard InChI is InChI=1S/C30H42N4O6S/c1-4-6-7-8-15-39-24-14-10-12-22(17-24)18-25(26(35)20-32-19-23-13-9-11-21(5-2)16-23)28-27(29(31)36)33-30(40-28)34-41(3,37)38/h9-14,16-17,25-26,32,35H,4-8,15,18-20H2,1-3H3,(H2,31,36)(H,33,34)/t25-,26-/m0/s1. The fourth-order valence-electron chi connectivity index (χ4n) is 4.57. The number of unbranched alkanes of at least 4 members (excludes halogenated alkanes) is 3. The molecule has 41 heavy (non-hydrogen) atoms. The van der Waals surface area contributed by atoms with Crippen molar-refractivity contribution in [3.63, 3.8) is 0 Å². The van der Waals surface area contributed by atoms with E-state index in [1.165, 1.54) is 5.56 Å². The number of oxazole rings is 1. The number of aromatic nitrogens is 1. The Morgan fingerprint density at radius 2 is 1.80 bits per heavy atom. The molecular formula is C30H42N4O6S. The fourth-order valence-corrected chi connectivity index (χ4v) is 4.97. The zero-order valence-corrected chi connectivity index (χ0v) is 24.9. The molecule has 0 saturated heterocycles. The molecule has 224 valence electrons.